The summed E-state index contributed by atoms with van der Waals surface area (Å²) in [4.78, 5) is 3.71. The van der Waals surface area contributed by atoms with Crippen LogP contribution >= 0.6 is 11.3 Å². The number of likely N-dealkylation sites (N-methyl/N-ethyl adjacent to an activating group) is 1. The Morgan fingerprint density at radius 1 is 1.29 bits per heavy atom. The second-order valence-corrected chi connectivity index (χ2v) is 8.42. The average Bonchev–Trinajstić information content (AvgIpc) is 2.81. The summed E-state index contributed by atoms with van der Waals surface area (Å²) in [6, 6.07) is 1.82. The lowest BCUT2D eigenvalue weighted by molar-refractivity contribution is 0.347. The Bertz CT molecular complexity index is 542. The summed E-state index contributed by atoms with van der Waals surface area (Å²) < 4.78 is 27.0. The molecule has 1 fully saturated rings. The van der Waals surface area contributed by atoms with Crippen molar-refractivity contribution in [3.8, 4) is 0 Å². The zero-order valence-corrected chi connectivity index (χ0v) is 14.5. The molecule has 5 nitrogen and oxygen atoms in total. The first-order chi connectivity index (χ1) is 10.0. The van der Waals surface area contributed by atoms with E-state index in [1.807, 2.05) is 13.1 Å². The first-order valence-corrected chi connectivity index (χ1v) is 9.83. The Morgan fingerprint density at radius 2 is 2.10 bits per heavy atom. The monoisotopic (exact) mass is 331 g/mol. The van der Waals surface area contributed by atoms with Crippen LogP contribution in [0.4, 0.5) is 0 Å². The van der Waals surface area contributed by atoms with Crippen LogP contribution in [0.25, 0.3) is 0 Å². The molecule has 1 saturated heterocycles. The van der Waals surface area contributed by atoms with Gasteiger partial charge in [0.2, 0.25) is 10.0 Å². The van der Waals surface area contributed by atoms with E-state index < -0.39 is 10.0 Å². The number of nitrogens with zero attached hydrogens (tertiary/aromatic N) is 2. The standard InChI is InChI=1S/C14H25N3O2S2/c1-3-5-15-11-13-10-14(12-20-13)21(18,19)17-7-4-6-16(2)8-9-17/h10,12,15H,3-9,11H2,1-2H3. The SMILES string of the molecule is CCCNCc1cc(S(=O)(=O)N2CCCN(C)CC2)cs1. The third-order valence-electron chi connectivity index (χ3n) is 3.67. The molecule has 0 saturated carbocycles. The van der Waals surface area contributed by atoms with Crippen molar-refractivity contribution >= 4 is 21.4 Å². The number of hydrogen-bond acceptors (Lipinski definition) is 5. The van der Waals surface area contributed by atoms with Crippen molar-refractivity contribution in [2.75, 3.05) is 39.8 Å². The Kier molecular flexibility index (Phi) is 6.19. The number of nitrogens with one attached hydrogen (secondary N) is 1. The molecular weight excluding hydrogens is 306 g/mol. The van der Waals surface area contributed by atoms with Crippen LogP contribution in [0.2, 0.25) is 0 Å². The molecule has 0 aliphatic carbocycles. The molecule has 2 heterocycles. The summed E-state index contributed by atoms with van der Waals surface area (Å²) in [7, 11) is -1.29. The molecule has 1 aliphatic heterocycles. The van der Waals surface area contributed by atoms with Crippen LogP contribution in [-0.4, -0.2) is 57.4 Å². The van der Waals surface area contributed by atoms with E-state index in [0.717, 1.165) is 43.9 Å². The van der Waals surface area contributed by atoms with Gasteiger partial charge >= 0.3 is 0 Å². The molecule has 2 rings (SSSR count). The van der Waals surface area contributed by atoms with Crippen molar-refractivity contribution in [3.63, 3.8) is 0 Å². The lowest BCUT2D eigenvalue weighted by Gasteiger charge is -2.19. The molecule has 21 heavy (non-hydrogen) atoms. The van der Waals surface area contributed by atoms with E-state index in [1.165, 1.54) is 11.3 Å². The first kappa shape index (κ1) is 16.9. The number of hydrogen-bond donors (Lipinski definition) is 1. The first-order valence-electron chi connectivity index (χ1n) is 7.51. The Hall–Kier alpha value is -0.470. The average molecular weight is 332 g/mol. The van der Waals surface area contributed by atoms with Crippen molar-refractivity contribution in [2.45, 2.75) is 31.2 Å². The zero-order valence-electron chi connectivity index (χ0n) is 12.8. The van der Waals surface area contributed by atoms with E-state index in [0.29, 0.717) is 18.0 Å². The highest BCUT2D eigenvalue weighted by Gasteiger charge is 2.27. The summed E-state index contributed by atoms with van der Waals surface area (Å²) >= 11 is 1.52. The molecule has 0 radical (unpaired) electrons. The van der Waals surface area contributed by atoms with Crippen molar-refractivity contribution in [3.05, 3.63) is 16.3 Å². The fourth-order valence-electron chi connectivity index (χ4n) is 2.39. The van der Waals surface area contributed by atoms with Crippen LogP contribution < -0.4 is 5.32 Å². The van der Waals surface area contributed by atoms with Crippen molar-refractivity contribution in [2.24, 2.45) is 0 Å². The van der Waals surface area contributed by atoms with Crippen LogP contribution in [0, 0.1) is 0 Å². The molecule has 0 bridgehead atoms. The molecule has 0 unspecified atom stereocenters. The van der Waals surface area contributed by atoms with Crippen LogP contribution in [0.1, 0.15) is 24.6 Å². The molecule has 1 aromatic rings. The fraction of sp³-hybridized carbons (Fsp3) is 0.714. The van der Waals surface area contributed by atoms with E-state index >= 15 is 0 Å². The smallest absolute Gasteiger partial charge is 0.243 e. The van der Waals surface area contributed by atoms with E-state index in [-0.39, 0.29) is 0 Å². The van der Waals surface area contributed by atoms with Crippen molar-refractivity contribution in [1.82, 2.24) is 14.5 Å². The second kappa shape index (κ2) is 7.69. The Balaban J connectivity index is 2.05. The van der Waals surface area contributed by atoms with Gasteiger partial charge in [-0.15, -0.1) is 11.3 Å². The minimum atomic E-state index is -3.33. The maximum atomic E-state index is 12.7. The summed E-state index contributed by atoms with van der Waals surface area (Å²) in [5, 5.41) is 5.08. The summed E-state index contributed by atoms with van der Waals surface area (Å²) in [5.74, 6) is 0. The third kappa shape index (κ3) is 4.50. The largest absolute Gasteiger partial charge is 0.312 e. The highest BCUT2D eigenvalue weighted by atomic mass is 32.2. The molecular formula is C14H25N3O2S2. The van der Waals surface area contributed by atoms with Gasteiger partial charge in [-0.2, -0.15) is 4.31 Å². The zero-order chi connectivity index (χ0) is 15.3. The maximum absolute atomic E-state index is 12.7. The van der Waals surface area contributed by atoms with Gasteiger partial charge in [-0.25, -0.2) is 8.42 Å². The molecule has 1 aromatic heterocycles. The normalized spacial score (nSPS) is 18.8. The molecule has 1 aliphatic rings. The Labute approximate surface area is 132 Å². The number of rotatable bonds is 6. The van der Waals surface area contributed by atoms with Gasteiger partial charge in [0.05, 0.1) is 4.90 Å². The van der Waals surface area contributed by atoms with Gasteiger partial charge < -0.3 is 10.2 Å². The molecule has 0 atom stereocenters. The van der Waals surface area contributed by atoms with Gasteiger partial charge in [-0.3, -0.25) is 0 Å². The minimum Gasteiger partial charge on any atom is -0.312 e. The van der Waals surface area contributed by atoms with Gasteiger partial charge in [0.25, 0.3) is 0 Å². The van der Waals surface area contributed by atoms with E-state index in [4.69, 9.17) is 0 Å². The quantitative estimate of drug-likeness (QED) is 0.804. The number of sulfonamides is 1. The molecule has 7 heteroatoms. The van der Waals surface area contributed by atoms with Crippen molar-refractivity contribution < 1.29 is 8.42 Å². The van der Waals surface area contributed by atoms with Crippen LogP contribution in [0.15, 0.2) is 16.3 Å². The molecule has 0 amide bonds. The van der Waals surface area contributed by atoms with E-state index in [2.05, 4.69) is 17.1 Å². The number of thiophene rings is 1. The molecule has 0 spiro atoms. The van der Waals surface area contributed by atoms with Crippen LogP contribution in [0.5, 0.6) is 0 Å². The second-order valence-electron chi connectivity index (χ2n) is 5.49. The highest BCUT2D eigenvalue weighted by molar-refractivity contribution is 7.89. The van der Waals surface area contributed by atoms with E-state index in [9.17, 15) is 8.42 Å². The maximum Gasteiger partial charge on any atom is 0.243 e. The predicted molar refractivity (Wildman–Crippen MR) is 87.2 cm³/mol. The fourth-order valence-corrected chi connectivity index (χ4v) is 5.09. The van der Waals surface area contributed by atoms with Gasteiger partial charge in [0.15, 0.2) is 0 Å². The van der Waals surface area contributed by atoms with Gasteiger partial charge in [0.1, 0.15) is 0 Å². The van der Waals surface area contributed by atoms with Crippen LogP contribution in [0.3, 0.4) is 0 Å². The summed E-state index contributed by atoms with van der Waals surface area (Å²) in [5.41, 5.74) is 0. The third-order valence-corrected chi connectivity index (χ3v) is 6.63. The Morgan fingerprint density at radius 3 is 2.86 bits per heavy atom. The molecule has 1 N–H and O–H groups in total. The van der Waals surface area contributed by atoms with Crippen LogP contribution in [-0.2, 0) is 16.6 Å². The van der Waals surface area contributed by atoms with Gasteiger partial charge in [-0.05, 0) is 39.0 Å². The lowest BCUT2D eigenvalue weighted by Crippen LogP contribution is -2.34. The molecule has 120 valence electrons. The van der Waals surface area contributed by atoms with E-state index in [1.54, 1.807) is 9.69 Å². The minimum absolute atomic E-state index is 0.449. The lowest BCUT2D eigenvalue weighted by atomic mass is 10.4. The van der Waals surface area contributed by atoms with Crippen molar-refractivity contribution in [1.29, 1.82) is 0 Å². The summed E-state index contributed by atoms with van der Waals surface area (Å²) in [6.07, 6.45) is 1.97. The summed E-state index contributed by atoms with van der Waals surface area (Å²) in [6.45, 7) is 6.78. The molecule has 0 aromatic carbocycles. The highest BCUT2D eigenvalue weighted by Crippen LogP contribution is 2.23. The topological polar surface area (TPSA) is 52.7 Å². The van der Waals surface area contributed by atoms with Gasteiger partial charge in [0, 0.05) is 36.4 Å². The predicted octanol–water partition coefficient (Wildman–Crippen LogP) is 1.57. The van der Waals surface area contributed by atoms with Gasteiger partial charge in [-0.1, -0.05) is 6.92 Å².